The molecule has 0 aromatic heterocycles. The van der Waals surface area contributed by atoms with E-state index in [4.69, 9.17) is 4.74 Å². The Hall–Kier alpha value is -0.770. The molecular formula is C13H26N2O2. The van der Waals surface area contributed by atoms with E-state index in [-0.39, 0.29) is 6.09 Å². The summed E-state index contributed by atoms with van der Waals surface area (Å²) in [5.74, 6) is 0.452. The van der Waals surface area contributed by atoms with Crippen molar-refractivity contribution in [3.8, 4) is 0 Å². The highest BCUT2D eigenvalue weighted by atomic mass is 16.6. The predicted molar refractivity (Wildman–Crippen MR) is 69.1 cm³/mol. The van der Waals surface area contributed by atoms with Crippen molar-refractivity contribution in [3.63, 3.8) is 0 Å². The molecule has 1 fully saturated rings. The average molecular weight is 242 g/mol. The van der Waals surface area contributed by atoms with Crippen molar-refractivity contribution in [2.45, 2.75) is 52.2 Å². The Bertz CT molecular complexity index is 257. The zero-order chi connectivity index (χ0) is 13.1. The van der Waals surface area contributed by atoms with E-state index in [1.165, 1.54) is 12.8 Å². The first-order chi connectivity index (χ1) is 7.78. The lowest BCUT2D eigenvalue weighted by Gasteiger charge is -2.26. The van der Waals surface area contributed by atoms with Crippen LogP contribution in [0.2, 0.25) is 0 Å². The Morgan fingerprint density at radius 2 is 2.06 bits per heavy atom. The second-order valence-corrected chi connectivity index (χ2v) is 6.15. The molecule has 0 aliphatic heterocycles. The monoisotopic (exact) mass is 242 g/mol. The third kappa shape index (κ3) is 6.51. The molecule has 1 atom stereocenters. The van der Waals surface area contributed by atoms with Gasteiger partial charge in [-0.3, -0.25) is 0 Å². The summed E-state index contributed by atoms with van der Waals surface area (Å²) in [4.78, 5) is 13.4. The molecule has 0 heterocycles. The Labute approximate surface area is 105 Å². The van der Waals surface area contributed by atoms with Gasteiger partial charge in [0.15, 0.2) is 0 Å². The van der Waals surface area contributed by atoms with Gasteiger partial charge in [-0.1, -0.05) is 6.92 Å². The second-order valence-electron chi connectivity index (χ2n) is 6.15. The minimum Gasteiger partial charge on any atom is -0.444 e. The van der Waals surface area contributed by atoms with Crippen molar-refractivity contribution < 1.29 is 9.53 Å². The lowest BCUT2D eigenvalue weighted by atomic mass is 10.1. The number of nitrogens with one attached hydrogen (secondary N) is 1. The molecule has 1 unspecified atom stereocenters. The molecule has 4 nitrogen and oxygen atoms in total. The molecule has 0 aromatic rings. The standard InChI is InChI=1S/C13H26N2O2/c1-10(8-14-11-6-7-11)9-15(5)12(16)17-13(2,3)4/h10-11,14H,6-9H2,1-5H3. The van der Waals surface area contributed by atoms with E-state index in [0.29, 0.717) is 5.92 Å². The Morgan fingerprint density at radius 1 is 1.47 bits per heavy atom. The van der Waals surface area contributed by atoms with Crippen LogP contribution < -0.4 is 5.32 Å². The van der Waals surface area contributed by atoms with Gasteiger partial charge in [-0.25, -0.2) is 4.79 Å². The fraction of sp³-hybridized carbons (Fsp3) is 0.923. The van der Waals surface area contributed by atoms with Gasteiger partial charge in [0, 0.05) is 19.6 Å². The van der Waals surface area contributed by atoms with Crippen molar-refractivity contribution in [1.82, 2.24) is 10.2 Å². The first-order valence-corrected chi connectivity index (χ1v) is 6.45. The summed E-state index contributed by atoms with van der Waals surface area (Å²) in [7, 11) is 1.79. The maximum atomic E-state index is 11.7. The van der Waals surface area contributed by atoms with Crippen molar-refractivity contribution in [2.75, 3.05) is 20.1 Å². The van der Waals surface area contributed by atoms with E-state index in [9.17, 15) is 4.79 Å². The Morgan fingerprint density at radius 3 is 2.53 bits per heavy atom. The van der Waals surface area contributed by atoms with E-state index >= 15 is 0 Å². The summed E-state index contributed by atoms with van der Waals surface area (Å²) in [6, 6.07) is 0.726. The molecule has 1 amide bonds. The van der Waals surface area contributed by atoms with Crippen LogP contribution in [0.1, 0.15) is 40.5 Å². The lowest BCUT2D eigenvalue weighted by Crippen LogP contribution is -2.38. The summed E-state index contributed by atoms with van der Waals surface area (Å²) < 4.78 is 5.30. The van der Waals surface area contributed by atoms with E-state index < -0.39 is 5.60 Å². The maximum absolute atomic E-state index is 11.7. The summed E-state index contributed by atoms with van der Waals surface area (Å²) in [6.07, 6.45) is 2.36. The summed E-state index contributed by atoms with van der Waals surface area (Å²) >= 11 is 0. The van der Waals surface area contributed by atoms with Gasteiger partial charge in [-0.05, 0) is 46.1 Å². The lowest BCUT2D eigenvalue weighted by molar-refractivity contribution is 0.0277. The molecule has 1 aliphatic rings. The van der Waals surface area contributed by atoms with Gasteiger partial charge in [0.2, 0.25) is 0 Å². The molecule has 0 aromatic carbocycles. The highest BCUT2D eigenvalue weighted by Gasteiger charge is 2.23. The van der Waals surface area contributed by atoms with Crippen LogP contribution in [-0.4, -0.2) is 42.8 Å². The van der Waals surface area contributed by atoms with Gasteiger partial charge in [-0.15, -0.1) is 0 Å². The number of rotatable bonds is 5. The number of hydrogen-bond acceptors (Lipinski definition) is 3. The number of hydrogen-bond donors (Lipinski definition) is 1. The van der Waals surface area contributed by atoms with Crippen molar-refractivity contribution in [2.24, 2.45) is 5.92 Å². The van der Waals surface area contributed by atoms with Crippen LogP contribution >= 0.6 is 0 Å². The normalized spacial score (nSPS) is 17.7. The summed E-state index contributed by atoms with van der Waals surface area (Å²) in [6.45, 7) is 9.51. The number of amides is 1. The highest BCUT2D eigenvalue weighted by molar-refractivity contribution is 5.67. The van der Waals surface area contributed by atoms with Crippen molar-refractivity contribution in [3.05, 3.63) is 0 Å². The zero-order valence-electron chi connectivity index (χ0n) is 11.7. The minimum atomic E-state index is -0.416. The fourth-order valence-corrected chi connectivity index (χ4v) is 1.60. The van der Waals surface area contributed by atoms with Gasteiger partial charge in [-0.2, -0.15) is 0 Å². The van der Waals surface area contributed by atoms with Crippen LogP contribution in [0, 0.1) is 5.92 Å². The Kier molecular flexibility index (Phi) is 4.80. The average Bonchev–Trinajstić information content (AvgIpc) is 2.95. The van der Waals surface area contributed by atoms with E-state index in [2.05, 4.69) is 12.2 Å². The SMILES string of the molecule is CC(CNC1CC1)CN(C)C(=O)OC(C)(C)C. The van der Waals surface area contributed by atoms with Crippen molar-refractivity contribution >= 4 is 6.09 Å². The number of ether oxygens (including phenoxy) is 1. The number of carbonyl (C=O) groups is 1. The molecule has 0 saturated heterocycles. The van der Waals surface area contributed by atoms with Crippen LogP contribution in [0.15, 0.2) is 0 Å². The second kappa shape index (κ2) is 5.71. The van der Waals surface area contributed by atoms with Crippen molar-refractivity contribution in [1.29, 1.82) is 0 Å². The van der Waals surface area contributed by atoms with Crippen LogP contribution in [0.5, 0.6) is 0 Å². The topological polar surface area (TPSA) is 41.6 Å². The fourth-order valence-electron chi connectivity index (χ4n) is 1.60. The number of nitrogens with zero attached hydrogens (tertiary/aromatic N) is 1. The molecule has 1 N–H and O–H groups in total. The van der Waals surface area contributed by atoms with Crippen LogP contribution in [0.4, 0.5) is 4.79 Å². The largest absolute Gasteiger partial charge is 0.444 e. The van der Waals surface area contributed by atoms with E-state index in [1.807, 2.05) is 20.8 Å². The molecule has 0 radical (unpaired) electrons. The van der Waals surface area contributed by atoms with Crippen LogP contribution in [0.3, 0.4) is 0 Å². The molecule has 0 bridgehead atoms. The summed E-state index contributed by atoms with van der Waals surface area (Å²) in [5.41, 5.74) is -0.416. The molecule has 1 rings (SSSR count). The molecular weight excluding hydrogens is 216 g/mol. The molecule has 1 saturated carbocycles. The highest BCUT2D eigenvalue weighted by Crippen LogP contribution is 2.18. The zero-order valence-corrected chi connectivity index (χ0v) is 11.7. The van der Waals surface area contributed by atoms with Gasteiger partial charge in [0.05, 0.1) is 0 Å². The maximum Gasteiger partial charge on any atom is 0.410 e. The Balaban J connectivity index is 2.21. The smallest absolute Gasteiger partial charge is 0.410 e. The third-order valence-corrected chi connectivity index (χ3v) is 2.62. The van der Waals surface area contributed by atoms with E-state index in [0.717, 1.165) is 19.1 Å². The minimum absolute atomic E-state index is 0.240. The molecule has 100 valence electrons. The quantitative estimate of drug-likeness (QED) is 0.804. The first kappa shape index (κ1) is 14.3. The molecule has 17 heavy (non-hydrogen) atoms. The van der Waals surface area contributed by atoms with Gasteiger partial charge < -0.3 is 15.0 Å². The molecule has 4 heteroatoms. The van der Waals surface area contributed by atoms with E-state index in [1.54, 1.807) is 11.9 Å². The molecule has 1 aliphatic carbocycles. The van der Waals surface area contributed by atoms with Gasteiger partial charge in [0.25, 0.3) is 0 Å². The van der Waals surface area contributed by atoms with Gasteiger partial charge in [0.1, 0.15) is 5.60 Å². The van der Waals surface area contributed by atoms with Gasteiger partial charge >= 0.3 is 6.09 Å². The predicted octanol–water partition coefficient (Wildman–Crippen LogP) is 2.24. The summed E-state index contributed by atoms with van der Waals surface area (Å²) in [5, 5.41) is 3.47. The first-order valence-electron chi connectivity index (χ1n) is 6.45. The third-order valence-electron chi connectivity index (χ3n) is 2.62. The number of carbonyl (C=O) groups excluding carboxylic acids is 1. The van der Waals surface area contributed by atoms with Crippen LogP contribution in [0.25, 0.3) is 0 Å². The molecule has 0 spiro atoms. The van der Waals surface area contributed by atoms with Crippen LogP contribution in [-0.2, 0) is 4.74 Å².